The zero-order chi connectivity index (χ0) is 28.5. The molecule has 1 atom stereocenters. The van der Waals surface area contributed by atoms with Crippen LogP contribution in [0, 0.1) is 6.92 Å². The van der Waals surface area contributed by atoms with Crippen molar-refractivity contribution < 1.29 is 31.1 Å². The van der Waals surface area contributed by atoms with Crippen molar-refractivity contribution in [2.75, 3.05) is 36.4 Å². The number of amides is 1. The lowest BCUT2D eigenvalue weighted by Gasteiger charge is -2.34. The van der Waals surface area contributed by atoms with Crippen molar-refractivity contribution >= 4 is 17.5 Å². The molecule has 0 radical (unpaired) electrons. The van der Waals surface area contributed by atoms with Crippen LogP contribution in [0.4, 0.5) is 38.0 Å². The maximum absolute atomic E-state index is 13.3. The lowest BCUT2D eigenvalue weighted by molar-refractivity contribution is -0.139. The Morgan fingerprint density at radius 2 is 1.69 bits per heavy atom. The van der Waals surface area contributed by atoms with E-state index in [9.17, 15) is 35.9 Å². The summed E-state index contributed by atoms with van der Waals surface area (Å²) in [6.07, 6.45) is -5.47. The summed E-state index contributed by atoms with van der Waals surface area (Å²) in [5.74, 6) is -0.119. The number of piperazine rings is 1. The lowest BCUT2D eigenvalue weighted by atomic mass is 10.2. The van der Waals surface area contributed by atoms with Gasteiger partial charge in [-0.2, -0.15) is 31.4 Å². The molecule has 0 bridgehead atoms. The molecule has 1 aliphatic rings. The van der Waals surface area contributed by atoms with Gasteiger partial charge in [0, 0.05) is 63.1 Å². The van der Waals surface area contributed by atoms with Crippen molar-refractivity contribution in [1.82, 2.24) is 29.6 Å². The van der Waals surface area contributed by atoms with Crippen LogP contribution in [-0.4, -0.2) is 67.8 Å². The van der Waals surface area contributed by atoms with Gasteiger partial charge in [-0.25, -0.2) is 15.1 Å². The van der Waals surface area contributed by atoms with Crippen molar-refractivity contribution in [2.45, 2.75) is 38.8 Å². The molecule has 4 rings (SSSR count). The Kier molecular flexibility index (Phi) is 7.57. The Morgan fingerprint density at radius 1 is 1.05 bits per heavy atom. The predicted octanol–water partition coefficient (Wildman–Crippen LogP) is 3.17. The number of alkyl halides is 6. The van der Waals surface area contributed by atoms with Gasteiger partial charge in [0.25, 0.3) is 11.5 Å². The molecule has 3 aromatic rings. The van der Waals surface area contributed by atoms with Crippen LogP contribution in [0.15, 0.2) is 35.6 Å². The van der Waals surface area contributed by atoms with Crippen LogP contribution in [-0.2, 0) is 18.9 Å². The van der Waals surface area contributed by atoms with Crippen LogP contribution in [0.3, 0.4) is 0 Å². The first-order valence-electron chi connectivity index (χ1n) is 11.8. The summed E-state index contributed by atoms with van der Waals surface area (Å²) in [6.45, 7) is 4.81. The van der Waals surface area contributed by atoms with Crippen molar-refractivity contribution in [3.63, 3.8) is 0 Å². The van der Waals surface area contributed by atoms with Crippen LogP contribution in [0.5, 0.6) is 0 Å². The highest BCUT2D eigenvalue weighted by Gasteiger charge is 2.37. The first-order chi connectivity index (χ1) is 18.2. The zero-order valence-electron chi connectivity index (χ0n) is 20.8. The van der Waals surface area contributed by atoms with E-state index in [-0.39, 0.29) is 18.4 Å². The largest absolute Gasteiger partial charge is 0.423 e. The highest BCUT2D eigenvalue weighted by molar-refractivity contribution is 5.94. The number of halogens is 6. The summed E-state index contributed by atoms with van der Waals surface area (Å²) in [7, 11) is 0. The van der Waals surface area contributed by atoms with E-state index in [0.717, 1.165) is 18.6 Å². The number of anilines is 2. The molecule has 1 amide bonds. The highest BCUT2D eigenvalue weighted by Crippen LogP contribution is 2.32. The molecule has 3 aromatic heterocycles. The van der Waals surface area contributed by atoms with Gasteiger partial charge in [-0.3, -0.25) is 9.59 Å². The summed E-state index contributed by atoms with van der Waals surface area (Å²) in [6, 6.07) is 1.10. The first kappa shape index (κ1) is 27.9. The average molecular weight is 558 g/mol. The third-order valence-corrected chi connectivity index (χ3v) is 6.19. The number of hydrogen-bond donors (Lipinski definition) is 2. The Morgan fingerprint density at radius 3 is 2.28 bits per heavy atom. The second-order valence-corrected chi connectivity index (χ2v) is 9.10. The van der Waals surface area contributed by atoms with Gasteiger partial charge in [-0.1, -0.05) is 0 Å². The van der Waals surface area contributed by atoms with E-state index in [1.54, 1.807) is 45.6 Å². The number of aromatic nitrogens is 5. The molecule has 2 N–H and O–H groups in total. The molecule has 4 heterocycles. The molecule has 0 aromatic carbocycles. The highest BCUT2D eigenvalue weighted by atomic mass is 19.4. The van der Waals surface area contributed by atoms with E-state index >= 15 is 0 Å². The van der Waals surface area contributed by atoms with Crippen molar-refractivity contribution in [3.8, 4) is 0 Å². The Bertz CT molecular complexity index is 1370. The Balaban J connectivity index is 1.37. The van der Waals surface area contributed by atoms with E-state index in [0.29, 0.717) is 37.4 Å². The van der Waals surface area contributed by atoms with E-state index in [1.807, 2.05) is 0 Å². The fourth-order valence-electron chi connectivity index (χ4n) is 4.25. The SMILES string of the molecule is Cc1cc(C(=O)N2CCN(c3ncc(C(F)(F)F)cn3)CC2)cn1C[C@H](C)Nc1cn[nH]c(=O)c1C(F)(F)F. The predicted molar refractivity (Wildman–Crippen MR) is 127 cm³/mol. The van der Waals surface area contributed by atoms with E-state index in [1.165, 1.54) is 0 Å². The standard InChI is InChI=1S/C23H24F6N8O2/c1-13(33-17-10-32-34-19(38)18(17)23(27,28)29)11-37-12-15(7-14(37)2)20(39)35-3-5-36(6-4-35)21-30-8-16(9-31-21)22(24,25)26/h7-10,12-13H,3-6,11H2,1-2H3,(H2,33,34,38)/t13-/m0/s1. The van der Waals surface area contributed by atoms with Gasteiger partial charge < -0.3 is 19.7 Å². The number of nitrogens with zero attached hydrogens (tertiary/aromatic N) is 6. The molecule has 1 saturated heterocycles. The van der Waals surface area contributed by atoms with E-state index in [4.69, 9.17) is 0 Å². The van der Waals surface area contributed by atoms with E-state index in [2.05, 4.69) is 20.4 Å². The number of carbonyl (C=O) groups is 1. The molecule has 0 saturated carbocycles. The van der Waals surface area contributed by atoms with Gasteiger partial charge in [-0.05, 0) is 19.9 Å². The summed E-state index contributed by atoms with van der Waals surface area (Å²) in [5.41, 5.74) is -3.04. The van der Waals surface area contributed by atoms with Crippen molar-refractivity contribution in [1.29, 1.82) is 0 Å². The van der Waals surface area contributed by atoms with Gasteiger partial charge in [0.2, 0.25) is 5.95 Å². The molecular weight excluding hydrogens is 534 g/mol. The maximum atomic E-state index is 13.3. The smallest absolute Gasteiger partial charge is 0.379 e. The average Bonchev–Trinajstić information content (AvgIpc) is 3.22. The van der Waals surface area contributed by atoms with E-state index < -0.39 is 40.8 Å². The van der Waals surface area contributed by atoms with Gasteiger partial charge >= 0.3 is 12.4 Å². The van der Waals surface area contributed by atoms with Crippen LogP contribution >= 0.6 is 0 Å². The summed E-state index contributed by atoms with van der Waals surface area (Å²) in [4.78, 5) is 35.6. The molecule has 1 fully saturated rings. The number of nitrogens with one attached hydrogen (secondary N) is 2. The monoisotopic (exact) mass is 558 g/mol. The Hall–Kier alpha value is -4.11. The molecule has 39 heavy (non-hydrogen) atoms. The summed E-state index contributed by atoms with van der Waals surface area (Å²) >= 11 is 0. The first-order valence-corrected chi connectivity index (χ1v) is 11.8. The number of aromatic amines is 1. The van der Waals surface area contributed by atoms with Crippen LogP contribution < -0.4 is 15.8 Å². The van der Waals surface area contributed by atoms with Crippen molar-refractivity contribution in [2.24, 2.45) is 0 Å². The molecule has 0 aliphatic carbocycles. The fourth-order valence-corrected chi connectivity index (χ4v) is 4.25. The van der Waals surface area contributed by atoms with Crippen LogP contribution in [0.1, 0.15) is 34.1 Å². The molecule has 210 valence electrons. The second kappa shape index (κ2) is 10.6. The summed E-state index contributed by atoms with van der Waals surface area (Å²) in [5, 5.41) is 7.89. The second-order valence-electron chi connectivity index (χ2n) is 9.10. The van der Waals surface area contributed by atoms with Gasteiger partial charge in [-0.15, -0.1) is 0 Å². The van der Waals surface area contributed by atoms with Crippen LogP contribution in [0.2, 0.25) is 0 Å². The zero-order valence-corrected chi connectivity index (χ0v) is 20.8. The maximum Gasteiger partial charge on any atom is 0.423 e. The normalized spacial score (nSPS) is 15.4. The quantitative estimate of drug-likeness (QED) is 0.447. The minimum Gasteiger partial charge on any atom is -0.379 e. The van der Waals surface area contributed by atoms with Crippen molar-refractivity contribution in [3.05, 3.63) is 63.6 Å². The number of rotatable bonds is 6. The van der Waals surface area contributed by atoms with Crippen LogP contribution in [0.25, 0.3) is 0 Å². The summed E-state index contributed by atoms with van der Waals surface area (Å²) < 4.78 is 79.9. The molecule has 0 spiro atoms. The lowest BCUT2D eigenvalue weighted by Crippen LogP contribution is -2.49. The number of H-pyrrole nitrogens is 1. The molecule has 16 heteroatoms. The number of carbonyl (C=O) groups excluding carboxylic acids is 1. The Labute approximate surface area is 217 Å². The third kappa shape index (κ3) is 6.31. The third-order valence-electron chi connectivity index (χ3n) is 6.19. The number of aryl methyl sites for hydroxylation is 1. The molecular formula is C23H24F6N8O2. The fraction of sp³-hybridized carbons (Fsp3) is 0.435. The molecule has 1 aliphatic heterocycles. The topological polar surface area (TPSA) is 112 Å². The minimum absolute atomic E-state index is 0.142. The van der Waals surface area contributed by atoms with Gasteiger partial charge in [0.1, 0.15) is 5.56 Å². The molecule has 10 nitrogen and oxygen atoms in total. The number of hydrogen-bond acceptors (Lipinski definition) is 7. The molecule has 0 unspecified atom stereocenters. The van der Waals surface area contributed by atoms with Gasteiger partial charge in [0.15, 0.2) is 0 Å². The minimum atomic E-state index is -4.87. The van der Waals surface area contributed by atoms with Gasteiger partial charge in [0.05, 0.1) is 23.0 Å².